The number of carbonyl (C=O) groups excluding carboxylic acids is 1. The van der Waals surface area contributed by atoms with Gasteiger partial charge in [0, 0.05) is 24.0 Å². The first kappa shape index (κ1) is 16.3. The Bertz CT molecular complexity index is 444. The van der Waals surface area contributed by atoms with E-state index >= 15 is 0 Å². The van der Waals surface area contributed by atoms with Crippen molar-refractivity contribution in [2.45, 2.75) is 37.1 Å². The Hall–Kier alpha value is -1.07. The van der Waals surface area contributed by atoms with E-state index in [1.165, 1.54) is 30.3 Å². The van der Waals surface area contributed by atoms with Gasteiger partial charge in [0.1, 0.15) is 5.82 Å². The summed E-state index contributed by atoms with van der Waals surface area (Å²) in [5.74, 6) is 0.210. The molecule has 1 aromatic carbocycles. The fourth-order valence-corrected chi connectivity index (χ4v) is 3.28. The Labute approximate surface area is 130 Å². The topological polar surface area (TPSA) is 32.3 Å². The van der Waals surface area contributed by atoms with Crippen molar-refractivity contribution in [3.63, 3.8) is 0 Å². The molecule has 0 atom stereocenters. The van der Waals surface area contributed by atoms with Crippen molar-refractivity contribution in [1.29, 1.82) is 0 Å². The average Bonchev–Trinajstić information content (AvgIpc) is 2.49. The van der Waals surface area contributed by atoms with Gasteiger partial charge < -0.3 is 10.2 Å². The number of hydrogen-bond donors (Lipinski definition) is 1. The molecule has 1 saturated heterocycles. The smallest absolute Gasteiger partial charge is 0.230 e. The normalized spacial score (nSPS) is 16.9. The largest absolute Gasteiger partial charge is 0.353 e. The van der Waals surface area contributed by atoms with Gasteiger partial charge in [0.05, 0.1) is 5.75 Å². The number of rotatable bonds is 6. The second-order valence-electron chi connectivity index (χ2n) is 5.43. The van der Waals surface area contributed by atoms with Crippen LogP contribution in [-0.4, -0.2) is 42.2 Å². The molecule has 0 saturated carbocycles. The van der Waals surface area contributed by atoms with Crippen LogP contribution in [0.25, 0.3) is 0 Å². The van der Waals surface area contributed by atoms with Crippen LogP contribution in [0.15, 0.2) is 29.2 Å². The Kier molecular flexibility index (Phi) is 6.51. The molecule has 0 bridgehead atoms. The zero-order valence-corrected chi connectivity index (χ0v) is 13.3. The third-order valence-electron chi connectivity index (χ3n) is 3.68. The first-order chi connectivity index (χ1) is 10.2. The highest BCUT2D eigenvalue weighted by molar-refractivity contribution is 8.00. The molecule has 5 heteroatoms. The highest BCUT2D eigenvalue weighted by Gasteiger charge is 2.19. The summed E-state index contributed by atoms with van der Waals surface area (Å²) in [5, 5.41) is 3.10. The molecule has 21 heavy (non-hydrogen) atoms. The van der Waals surface area contributed by atoms with Crippen LogP contribution in [0.5, 0.6) is 0 Å². The molecule has 1 fully saturated rings. The highest BCUT2D eigenvalue weighted by Crippen LogP contribution is 2.18. The van der Waals surface area contributed by atoms with Crippen LogP contribution < -0.4 is 5.32 Å². The van der Waals surface area contributed by atoms with Gasteiger partial charge in [0.2, 0.25) is 5.91 Å². The predicted octanol–water partition coefficient (Wildman–Crippen LogP) is 2.91. The van der Waals surface area contributed by atoms with E-state index in [4.69, 9.17) is 0 Å². The van der Waals surface area contributed by atoms with Crippen molar-refractivity contribution in [2.75, 3.05) is 25.4 Å². The Balaban J connectivity index is 1.67. The van der Waals surface area contributed by atoms with E-state index in [-0.39, 0.29) is 11.7 Å². The molecule has 1 aliphatic heterocycles. The average molecular weight is 310 g/mol. The number of hydrogen-bond acceptors (Lipinski definition) is 3. The van der Waals surface area contributed by atoms with Gasteiger partial charge in [-0.1, -0.05) is 6.92 Å². The monoisotopic (exact) mass is 310 g/mol. The third-order valence-corrected chi connectivity index (χ3v) is 4.69. The molecular formula is C16H23FN2OS. The number of nitrogens with one attached hydrogen (secondary N) is 1. The molecular weight excluding hydrogens is 287 g/mol. The molecule has 1 aromatic rings. The zero-order chi connectivity index (χ0) is 15.1. The quantitative estimate of drug-likeness (QED) is 0.820. The van der Waals surface area contributed by atoms with Gasteiger partial charge in [-0.05, 0) is 50.1 Å². The second-order valence-corrected chi connectivity index (χ2v) is 6.47. The van der Waals surface area contributed by atoms with E-state index in [9.17, 15) is 9.18 Å². The Morgan fingerprint density at radius 1 is 1.33 bits per heavy atom. The maximum Gasteiger partial charge on any atom is 0.230 e. The van der Waals surface area contributed by atoms with E-state index in [1.54, 1.807) is 12.1 Å². The van der Waals surface area contributed by atoms with E-state index in [2.05, 4.69) is 17.1 Å². The minimum atomic E-state index is -0.248. The number of carbonyl (C=O) groups is 1. The van der Waals surface area contributed by atoms with Gasteiger partial charge in [-0.25, -0.2) is 4.39 Å². The van der Waals surface area contributed by atoms with Crippen LogP contribution >= 0.6 is 11.8 Å². The van der Waals surface area contributed by atoms with Crippen LogP contribution in [0.2, 0.25) is 0 Å². The summed E-state index contributed by atoms with van der Waals surface area (Å²) in [4.78, 5) is 15.3. The van der Waals surface area contributed by atoms with Crippen LogP contribution in [0.1, 0.15) is 26.2 Å². The Morgan fingerprint density at radius 2 is 2.00 bits per heavy atom. The molecule has 0 spiro atoms. The molecule has 0 aliphatic carbocycles. The summed E-state index contributed by atoms with van der Waals surface area (Å²) in [6.07, 6.45) is 3.26. The van der Waals surface area contributed by atoms with E-state index < -0.39 is 0 Å². The van der Waals surface area contributed by atoms with Gasteiger partial charge in [0.25, 0.3) is 0 Å². The standard InChI is InChI=1S/C16H23FN2OS/c1-2-9-19-10-7-14(8-11-19)18-16(20)12-21-15-5-3-13(17)4-6-15/h3-6,14H,2,7-12H2,1H3,(H,18,20). The number of likely N-dealkylation sites (tertiary alicyclic amines) is 1. The van der Waals surface area contributed by atoms with Gasteiger partial charge in [-0.15, -0.1) is 11.8 Å². The molecule has 1 heterocycles. The summed E-state index contributed by atoms with van der Waals surface area (Å²) >= 11 is 1.45. The maximum atomic E-state index is 12.8. The number of halogens is 1. The molecule has 1 amide bonds. The van der Waals surface area contributed by atoms with Crippen molar-refractivity contribution in [1.82, 2.24) is 10.2 Å². The number of piperidine rings is 1. The molecule has 3 nitrogen and oxygen atoms in total. The summed E-state index contributed by atoms with van der Waals surface area (Å²) in [6.45, 7) is 5.50. The fraction of sp³-hybridized carbons (Fsp3) is 0.562. The molecule has 2 rings (SSSR count). The highest BCUT2D eigenvalue weighted by atomic mass is 32.2. The summed E-state index contributed by atoms with van der Waals surface area (Å²) in [5.41, 5.74) is 0. The zero-order valence-electron chi connectivity index (χ0n) is 12.5. The third kappa shape index (κ3) is 5.67. The summed E-state index contributed by atoms with van der Waals surface area (Å²) < 4.78 is 12.8. The van der Waals surface area contributed by atoms with Crippen LogP contribution in [0.4, 0.5) is 4.39 Å². The molecule has 1 aliphatic rings. The van der Waals surface area contributed by atoms with Gasteiger partial charge in [-0.3, -0.25) is 4.79 Å². The summed E-state index contributed by atoms with van der Waals surface area (Å²) in [7, 11) is 0. The van der Waals surface area contributed by atoms with Crippen LogP contribution in [-0.2, 0) is 4.79 Å². The molecule has 1 N–H and O–H groups in total. The van der Waals surface area contributed by atoms with Gasteiger partial charge >= 0.3 is 0 Å². The van der Waals surface area contributed by atoms with Crippen molar-refractivity contribution >= 4 is 17.7 Å². The number of amides is 1. The lowest BCUT2D eigenvalue weighted by molar-refractivity contribution is -0.119. The van der Waals surface area contributed by atoms with Gasteiger partial charge in [0.15, 0.2) is 0 Å². The van der Waals surface area contributed by atoms with Crippen LogP contribution in [0.3, 0.4) is 0 Å². The first-order valence-electron chi connectivity index (χ1n) is 7.57. The molecule has 0 aromatic heterocycles. The van der Waals surface area contributed by atoms with Crippen molar-refractivity contribution in [3.8, 4) is 0 Å². The maximum absolute atomic E-state index is 12.8. The van der Waals surface area contributed by atoms with E-state index in [0.717, 1.165) is 37.4 Å². The first-order valence-corrected chi connectivity index (χ1v) is 8.56. The Morgan fingerprint density at radius 3 is 2.62 bits per heavy atom. The second kappa shape index (κ2) is 8.39. The van der Waals surface area contributed by atoms with Gasteiger partial charge in [-0.2, -0.15) is 0 Å². The lowest BCUT2D eigenvalue weighted by Crippen LogP contribution is -2.45. The molecule has 0 radical (unpaired) electrons. The SMILES string of the molecule is CCCN1CCC(NC(=O)CSc2ccc(F)cc2)CC1. The van der Waals surface area contributed by atoms with Crippen LogP contribution in [0, 0.1) is 5.82 Å². The number of benzene rings is 1. The van der Waals surface area contributed by atoms with E-state index in [0.29, 0.717) is 11.8 Å². The van der Waals surface area contributed by atoms with Crippen molar-refractivity contribution < 1.29 is 9.18 Å². The lowest BCUT2D eigenvalue weighted by atomic mass is 10.1. The van der Waals surface area contributed by atoms with Crippen molar-refractivity contribution in [3.05, 3.63) is 30.1 Å². The van der Waals surface area contributed by atoms with E-state index in [1.807, 2.05) is 0 Å². The molecule has 0 unspecified atom stereocenters. The number of nitrogens with zero attached hydrogens (tertiary/aromatic N) is 1. The number of thioether (sulfide) groups is 1. The fourth-order valence-electron chi connectivity index (χ4n) is 2.57. The minimum Gasteiger partial charge on any atom is -0.353 e. The lowest BCUT2D eigenvalue weighted by Gasteiger charge is -2.32. The molecule has 116 valence electrons. The van der Waals surface area contributed by atoms with Crippen molar-refractivity contribution in [2.24, 2.45) is 0 Å². The predicted molar refractivity (Wildman–Crippen MR) is 85.0 cm³/mol. The summed E-state index contributed by atoms with van der Waals surface area (Å²) in [6, 6.07) is 6.56. The minimum absolute atomic E-state index is 0.0678.